The second kappa shape index (κ2) is 6.49. The fourth-order valence-corrected chi connectivity index (χ4v) is 1.61. The average Bonchev–Trinajstić information content (AvgIpc) is 2.68. The summed E-state index contributed by atoms with van der Waals surface area (Å²) in [6.07, 6.45) is 1.83. The van der Waals surface area contributed by atoms with Crippen molar-refractivity contribution in [3.8, 4) is 0 Å². The predicted octanol–water partition coefficient (Wildman–Crippen LogP) is 1.75. The normalized spacial score (nSPS) is 11.7. The second-order valence-electron chi connectivity index (χ2n) is 5.28. The van der Waals surface area contributed by atoms with Gasteiger partial charge in [-0.15, -0.1) is 0 Å². The zero-order chi connectivity index (χ0) is 13.6. The van der Waals surface area contributed by atoms with E-state index in [1.165, 1.54) is 0 Å². The van der Waals surface area contributed by atoms with Crippen molar-refractivity contribution in [2.75, 3.05) is 6.54 Å². The van der Waals surface area contributed by atoms with Crippen molar-refractivity contribution >= 4 is 5.97 Å². The summed E-state index contributed by atoms with van der Waals surface area (Å²) in [4.78, 5) is 10.5. The number of carboxylic acid groups (broad SMARTS) is 1. The number of aryl methyl sites for hydroxylation is 1. The molecule has 0 aliphatic rings. The maximum Gasteiger partial charge on any atom is 0.303 e. The Labute approximate surface area is 107 Å². The Kier molecular flexibility index (Phi) is 5.27. The van der Waals surface area contributed by atoms with Crippen LogP contribution in [0.2, 0.25) is 0 Å². The number of carbonyl (C=O) groups is 1. The largest absolute Gasteiger partial charge is 0.481 e. The maximum absolute atomic E-state index is 10.5. The zero-order valence-electron chi connectivity index (χ0n) is 11.2. The van der Waals surface area contributed by atoms with Gasteiger partial charge in [0.05, 0.1) is 0 Å². The van der Waals surface area contributed by atoms with Crippen LogP contribution in [0.15, 0.2) is 4.63 Å². The van der Waals surface area contributed by atoms with E-state index in [0.29, 0.717) is 13.0 Å². The van der Waals surface area contributed by atoms with E-state index in [4.69, 9.17) is 5.11 Å². The van der Waals surface area contributed by atoms with Crippen molar-refractivity contribution in [1.29, 1.82) is 0 Å². The molecule has 0 bridgehead atoms. The van der Waals surface area contributed by atoms with Crippen LogP contribution in [0, 0.1) is 12.3 Å². The Bertz CT molecular complexity index is 388. The number of nitrogens with one attached hydrogen (secondary N) is 1. The van der Waals surface area contributed by atoms with E-state index in [0.717, 1.165) is 24.4 Å². The van der Waals surface area contributed by atoms with Gasteiger partial charge in [0.2, 0.25) is 0 Å². The van der Waals surface area contributed by atoms with Crippen LogP contribution in [0.25, 0.3) is 0 Å². The number of aliphatic carboxylic acids is 1. The van der Waals surface area contributed by atoms with E-state index in [2.05, 4.69) is 34.1 Å². The average molecular weight is 255 g/mol. The van der Waals surface area contributed by atoms with Gasteiger partial charge in [0.1, 0.15) is 11.4 Å². The minimum Gasteiger partial charge on any atom is -0.481 e. The van der Waals surface area contributed by atoms with Crippen LogP contribution in [0.1, 0.15) is 44.5 Å². The fraction of sp³-hybridized carbons (Fsp3) is 0.750. The molecule has 0 atom stereocenters. The highest BCUT2D eigenvalue weighted by Crippen LogP contribution is 2.25. The van der Waals surface area contributed by atoms with Crippen LogP contribution in [0.4, 0.5) is 0 Å². The van der Waals surface area contributed by atoms with Gasteiger partial charge in [0.25, 0.3) is 0 Å². The molecule has 0 aliphatic carbocycles. The molecule has 1 aromatic heterocycles. The van der Waals surface area contributed by atoms with E-state index < -0.39 is 5.97 Å². The molecular weight excluding hydrogens is 234 g/mol. The molecule has 0 spiro atoms. The summed E-state index contributed by atoms with van der Waals surface area (Å²) in [7, 11) is 0. The molecule has 1 heterocycles. The third-order valence-corrected chi connectivity index (χ3v) is 3.03. The van der Waals surface area contributed by atoms with E-state index in [9.17, 15) is 4.79 Å². The van der Waals surface area contributed by atoms with Crippen LogP contribution in [-0.2, 0) is 11.3 Å². The molecule has 18 heavy (non-hydrogen) atoms. The highest BCUT2D eigenvalue weighted by Gasteiger charge is 2.18. The summed E-state index contributed by atoms with van der Waals surface area (Å²) >= 11 is 0. The Morgan fingerprint density at radius 3 is 2.67 bits per heavy atom. The Hall–Kier alpha value is -1.43. The molecule has 0 saturated carbocycles. The van der Waals surface area contributed by atoms with Gasteiger partial charge in [-0.1, -0.05) is 24.2 Å². The van der Waals surface area contributed by atoms with Gasteiger partial charge in [-0.3, -0.25) is 4.79 Å². The van der Waals surface area contributed by atoms with Gasteiger partial charge < -0.3 is 10.4 Å². The van der Waals surface area contributed by atoms with Gasteiger partial charge in [0.15, 0.2) is 0 Å². The van der Waals surface area contributed by atoms with Crippen LogP contribution >= 0.6 is 0 Å². The second-order valence-corrected chi connectivity index (χ2v) is 5.28. The highest BCUT2D eigenvalue weighted by molar-refractivity contribution is 5.66. The Balaban J connectivity index is 2.20. The fourth-order valence-electron chi connectivity index (χ4n) is 1.61. The molecule has 0 radical (unpaired) electrons. The molecule has 1 rings (SSSR count). The number of aromatic nitrogens is 2. The maximum atomic E-state index is 10.5. The molecule has 2 N–H and O–H groups in total. The van der Waals surface area contributed by atoms with Gasteiger partial charge in [-0.25, -0.2) is 4.63 Å². The molecule has 102 valence electrons. The molecule has 6 heteroatoms. The third kappa shape index (κ3) is 5.27. The quantitative estimate of drug-likeness (QED) is 0.688. The summed E-state index contributed by atoms with van der Waals surface area (Å²) < 4.78 is 4.60. The molecule has 0 saturated heterocycles. The minimum atomic E-state index is -0.736. The van der Waals surface area contributed by atoms with Gasteiger partial charge >= 0.3 is 5.97 Å². The van der Waals surface area contributed by atoms with Crippen LogP contribution in [0.5, 0.6) is 0 Å². The van der Waals surface area contributed by atoms with Crippen LogP contribution in [0.3, 0.4) is 0 Å². The zero-order valence-corrected chi connectivity index (χ0v) is 11.2. The standard InChI is InChI=1S/C12H21N3O3/c1-9-10(15-18-14-9)8-13-7-6-12(2,3)5-4-11(16)17/h13H,4-8H2,1-3H3,(H,16,17). The number of nitrogens with zero attached hydrogens (tertiary/aromatic N) is 2. The highest BCUT2D eigenvalue weighted by atomic mass is 16.6. The van der Waals surface area contributed by atoms with Crippen molar-refractivity contribution in [3.05, 3.63) is 11.4 Å². The van der Waals surface area contributed by atoms with Crippen LogP contribution in [-0.4, -0.2) is 27.9 Å². The monoisotopic (exact) mass is 255 g/mol. The molecule has 0 amide bonds. The SMILES string of the molecule is Cc1nonc1CNCCC(C)(C)CCC(=O)O. The van der Waals surface area contributed by atoms with Gasteiger partial charge in [-0.2, -0.15) is 0 Å². The summed E-state index contributed by atoms with van der Waals surface area (Å²) in [6.45, 7) is 7.47. The van der Waals surface area contributed by atoms with E-state index in [1.54, 1.807) is 0 Å². The summed E-state index contributed by atoms with van der Waals surface area (Å²) in [5.41, 5.74) is 1.65. The van der Waals surface area contributed by atoms with Gasteiger partial charge in [-0.05, 0) is 31.7 Å². The molecular formula is C12H21N3O3. The summed E-state index contributed by atoms with van der Waals surface area (Å²) in [5.74, 6) is -0.736. The topological polar surface area (TPSA) is 88.3 Å². The van der Waals surface area contributed by atoms with Crippen molar-refractivity contribution in [3.63, 3.8) is 0 Å². The molecule has 1 aromatic rings. The van der Waals surface area contributed by atoms with E-state index >= 15 is 0 Å². The first kappa shape index (κ1) is 14.6. The van der Waals surface area contributed by atoms with Gasteiger partial charge in [0, 0.05) is 13.0 Å². The molecule has 0 aliphatic heterocycles. The molecule has 0 unspecified atom stereocenters. The first-order valence-electron chi connectivity index (χ1n) is 6.11. The van der Waals surface area contributed by atoms with Crippen molar-refractivity contribution in [2.45, 2.75) is 46.6 Å². The van der Waals surface area contributed by atoms with Crippen molar-refractivity contribution < 1.29 is 14.5 Å². The van der Waals surface area contributed by atoms with Crippen molar-refractivity contribution in [1.82, 2.24) is 15.6 Å². The lowest BCUT2D eigenvalue weighted by Crippen LogP contribution is -2.23. The Morgan fingerprint density at radius 1 is 1.39 bits per heavy atom. The van der Waals surface area contributed by atoms with E-state index in [-0.39, 0.29) is 11.8 Å². The number of hydrogen-bond donors (Lipinski definition) is 2. The molecule has 6 nitrogen and oxygen atoms in total. The molecule has 0 aromatic carbocycles. The first-order chi connectivity index (χ1) is 8.41. The third-order valence-electron chi connectivity index (χ3n) is 3.03. The lowest BCUT2D eigenvalue weighted by atomic mass is 9.84. The molecule has 0 fully saturated rings. The smallest absolute Gasteiger partial charge is 0.303 e. The predicted molar refractivity (Wildman–Crippen MR) is 66.0 cm³/mol. The number of carboxylic acids is 1. The number of rotatable bonds is 8. The lowest BCUT2D eigenvalue weighted by molar-refractivity contribution is -0.137. The van der Waals surface area contributed by atoms with Crippen molar-refractivity contribution in [2.24, 2.45) is 5.41 Å². The summed E-state index contributed by atoms with van der Waals surface area (Å²) in [5, 5.41) is 19.4. The summed E-state index contributed by atoms with van der Waals surface area (Å²) in [6, 6.07) is 0. The first-order valence-corrected chi connectivity index (χ1v) is 6.11. The lowest BCUT2D eigenvalue weighted by Gasteiger charge is -2.23. The van der Waals surface area contributed by atoms with Crippen LogP contribution < -0.4 is 5.32 Å². The number of hydrogen-bond acceptors (Lipinski definition) is 5. The van der Waals surface area contributed by atoms with E-state index in [1.807, 2.05) is 6.92 Å². The Morgan fingerprint density at radius 2 is 2.11 bits per heavy atom. The minimum absolute atomic E-state index is 0.0303.